The molecule has 5 atom stereocenters. The zero-order valence-corrected chi connectivity index (χ0v) is 15.8. The fourth-order valence-electron chi connectivity index (χ4n) is 3.81. The first-order valence-electron chi connectivity index (χ1n) is 9.45. The summed E-state index contributed by atoms with van der Waals surface area (Å²) in [5, 5.41) is 3.15. The maximum Gasteiger partial charge on any atom is 0.138 e. The highest BCUT2D eigenvalue weighted by Gasteiger charge is 2.45. The van der Waals surface area contributed by atoms with Crippen LogP contribution in [0.3, 0.4) is 0 Å². The third kappa shape index (κ3) is 4.25. The van der Waals surface area contributed by atoms with E-state index in [9.17, 15) is 0 Å². The van der Waals surface area contributed by atoms with Gasteiger partial charge in [-0.1, -0.05) is 38.1 Å². The minimum atomic E-state index is -0.0709. The second kappa shape index (κ2) is 8.35. The molecule has 0 radical (unpaired) electrons. The van der Waals surface area contributed by atoms with Crippen LogP contribution in [-0.2, 0) is 20.8 Å². The summed E-state index contributed by atoms with van der Waals surface area (Å²) in [6.07, 6.45) is 6.01. The van der Waals surface area contributed by atoms with Crippen molar-refractivity contribution in [2.75, 3.05) is 14.2 Å². The number of ether oxygens (including phenoxy) is 3. The molecule has 1 saturated heterocycles. The molecule has 1 aromatic rings. The Morgan fingerprint density at radius 3 is 2.76 bits per heavy atom. The van der Waals surface area contributed by atoms with Gasteiger partial charge in [-0.25, -0.2) is 0 Å². The smallest absolute Gasteiger partial charge is 0.138 e. The van der Waals surface area contributed by atoms with Crippen molar-refractivity contribution < 1.29 is 14.2 Å². The van der Waals surface area contributed by atoms with Crippen molar-refractivity contribution in [3.8, 4) is 0 Å². The predicted molar refractivity (Wildman–Crippen MR) is 99.0 cm³/mol. The Balaban J connectivity index is 1.73. The second-order valence-electron chi connectivity index (χ2n) is 7.18. The number of benzene rings is 1. The van der Waals surface area contributed by atoms with E-state index < -0.39 is 0 Å². The van der Waals surface area contributed by atoms with Crippen LogP contribution in [0.5, 0.6) is 0 Å². The number of likely N-dealkylation sites (N-methyl/N-ethyl adjacent to an activating group) is 1. The molecule has 0 spiro atoms. The van der Waals surface area contributed by atoms with Crippen LogP contribution in [0.15, 0.2) is 36.1 Å². The van der Waals surface area contributed by atoms with Crippen LogP contribution in [0.25, 0.3) is 0 Å². The van der Waals surface area contributed by atoms with Crippen molar-refractivity contribution >= 4 is 0 Å². The highest BCUT2D eigenvalue weighted by atomic mass is 16.6. The van der Waals surface area contributed by atoms with Crippen molar-refractivity contribution in [2.45, 2.75) is 58.2 Å². The molecule has 4 heteroatoms. The molecule has 1 aromatic carbocycles. The summed E-state index contributed by atoms with van der Waals surface area (Å²) in [5.74, 6) is 2.33. The standard InChI is InChI=1S/C21H31NO3/c1-5-15-11-10-14(2)12-18(15)24-13-16-8-6-7-9-17(16)19(23-4)20-21(22-3)25-20/h6-9,12,14-15,19-22H,5,10-11,13H2,1-4H3. The second-order valence-corrected chi connectivity index (χ2v) is 7.18. The van der Waals surface area contributed by atoms with Gasteiger partial charge in [0.15, 0.2) is 0 Å². The Morgan fingerprint density at radius 1 is 1.28 bits per heavy atom. The summed E-state index contributed by atoms with van der Waals surface area (Å²) in [7, 11) is 3.66. The van der Waals surface area contributed by atoms with Crippen molar-refractivity contribution in [3.05, 3.63) is 47.2 Å². The summed E-state index contributed by atoms with van der Waals surface area (Å²) in [5.41, 5.74) is 2.33. The Bertz CT molecular complexity index is 601. The van der Waals surface area contributed by atoms with Crippen LogP contribution >= 0.6 is 0 Å². The average Bonchev–Trinajstić information content (AvgIpc) is 3.41. The zero-order valence-electron chi connectivity index (χ0n) is 15.8. The molecule has 1 fully saturated rings. The van der Waals surface area contributed by atoms with Crippen LogP contribution in [-0.4, -0.2) is 26.5 Å². The van der Waals surface area contributed by atoms with E-state index in [0.29, 0.717) is 18.4 Å². The van der Waals surface area contributed by atoms with Gasteiger partial charge < -0.3 is 14.2 Å². The van der Waals surface area contributed by atoms with Crippen molar-refractivity contribution in [1.29, 1.82) is 0 Å². The quantitative estimate of drug-likeness (QED) is 0.718. The number of methoxy groups -OCH3 is 1. The van der Waals surface area contributed by atoms with Crippen LogP contribution < -0.4 is 5.32 Å². The number of rotatable bonds is 8. The molecule has 0 bridgehead atoms. The highest BCUT2D eigenvalue weighted by molar-refractivity contribution is 5.31. The van der Waals surface area contributed by atoms with E-state index in [1.54, 1.807) is 7.11 Å². The molecule has 4 nitrogen and oxygen atoms in total. The average molecular weight is 345 g/mol. The Hall–Kier alpha value is -1.36. The molecule has 25 heavy (non-hydrogen) atoms. The molecule has 5 unspecified atom stereocenters. The first kappa shape index (κ1) is 18.4. The number of hydrogen-bond donors (Lipinski definition) is 1. The van der Waals surface area contributed by atoms with Crippen molar-refractivity contribution in [3.63, 3.8) is 0 Å². The van der Waals surface area contributed by atoms with E-state index in [1.807, 2.05) is 7.05 Å². The highest BCUT2D eigenvalue weighted by Crippen LogP contribution is 2.37. The van der Waals surface area contributed by atoms with E-state index in [1.165, 1.54) is 24.2 Å². The lowest BCUT2D eigenvalue weighted by molar-refractivity contribution is 0.0728. The summed E-state index contributed by atoms with van der Waals surface area (Å²) in [6, 6.07) is 8.37. The zero-order chi connectivity index (χ0) is 17.8. The van der Waals surface area contributed by atoms with Crippen molar-refractivity contribution in [1.82, 2.24) is 5.32 Å². The largest absolute Gasteiger partial charge is 0.493 e. The lowest BCUT2D eigenvalue weighted by Gasteiger charge is -2.27. The summed E-state index contributed by atoms with van der Waals surface area (Å²) < 4.78 is 17.7. The van der Waals surface area contributed by atoms with Crippen LogP contribution in [0.4, 0.5) is 0 Å². The van der Waals surface area contributed by atoms with Gasteiger partial charge in [0.1, 0.15) is 25.0 Å². The molecule has 1 aliphatic carbocycles. The third-order valence-corrected chi connectivity index (χ3v) is 5.43. The van der Waals surface area contributed by atoms with Gasteiger partial charge in [0.25, 0.3) is 0 Å². The fraction of sp³-hybridized carbons (Fsp3) is 0.619. The Morgan fingerprint density at radius 2 is 2.08 bits per heavy atom. The monoisotopic (exact) mass is 345 g/mol. The van der Waals surface area contributed by atoms with Gasteiger partial charge in [0, 0.05) is 13.0 Å². The molecular formula is C21H31NO3. The Kier molecular flexibility index (Phi) is 6.15. The molecule has 138 valence electrons. The summed E-state index contributed by atoms with van der Waals surface area (Å²) in [6.45, 7) is 5.10. The number of hydrogen-bond acceptors (Lipinski definition) is 4. The molecule has 0 aromatic heterocycles. The summed E-state index contributed by atoms with van der Waals surface area (Å²) in [4.78, 5) is 0. The van der Waals surface area contributed by atoms with Gasteiger partial charge in [-0.15, -0.1) is 0 Å². The van der Waals surface area contributed by atoms with Crippen LogP contribution in [0, 0.1) is 11.8 Å². The van der Waals surface area contributed by atoms with Gasteiger partial charge in [0.05, 0.1) is 5.76 Å². The minimum Gasteiger partial charge on any atom is -0.493 e. The molecular weight excluding hydrogens is 314 g/mol. The van der Waals surface area contributed by atoms with Gasteiger partial charge in [-0.3, -0.25) is 5.32 Å². The molecule has 1 N–H and O–H groups in total. The lowest BCUT2D eigenvalue weighted by Crippen LogP contribution is -2.20. The molecule has 2 aliphatic rings. The third-order valence-electron chi connectivity index (χ3n) is 5.43. The molecule has 0 amide bonds. The van der Waals surface area contributed by atoms with Crippen molar-refractivity contribution in [2.24, 2.45) is 11.8 Å². The first-order valence-corrected chi connectivity index (χ1v) is 9.45. The maximum atomic E-state index is 6.28. The number of epoxide rings is 1. The lowest BCUT2D eigenvalue weighted by atomic mass is 9.86. The molecule has 3 rings (SSSR count). The van der Waals surface area contributed by atoms with Crippen LogP contribution in [0.2, 0.25) is 0 Å². The predicted octanol–water partition coefficient (Wildman–Crippen LogP) is 4.18. The minimum absolute atomic E-state index is 0.0634. The number of allylic oxidation sites excluding steroid dienone is 2. The molecule has 0 saturated carbocycles. The first-order chi connectivity index (χ1) is 12.2. The van der Waals surface area contributed by atoms with Crippen LogP contribution in [0.1, 0.15) is 50.3 Å². The van der Waals surface area contributed by atoms with E-state index in [-0.39, 0.29) is 18.4 Å². The summed E-state index contributed by atoms with van der Waals surface area (Å²) >= 11 is 0. The van der Waals surface area contributed by atoms with E-state index >= 15 is 0 Å². The van der Waals surface area contributed by atoms with E-state index in [2.05, 4.69) is 49.5 Å². The fourth-order valence-corrected chi connectivity index (χ4v) is 3.81. The van der Waals surface area contributed by atoms with Gasteiger partial charge in [-0.2, -0.15) is 0 Å². The Labute approximate surface area is 151 Å². The number of nitrogens with one attached hydrogen (secondary N) is 1. The SMILES string of the molecule is CCC1CCC(C)C=C1OCc1ccccc1C(OC)C1OC1NC. The maximum absolute atomic E-state index is 6.28. The van der Waals surface area contributed by atoms with Gasteiger partial charge in [0.2, 0.25) is 0 Å². The normalized spacial score (nSPS) is 29.8. The van der Waals surface area contributed by atoms with Gasteiger partial charge >= 0.3 is 0 Å². The van der Waals surface area contributed by atoms with E-state index in [0.717, 1.165) is 12.0 Å². The topological polar surface area (TPSA) is 43.0 Å². The van der Waals surface area contributed by atoms with Gasteiger partial charge in [-0.05, 0) is 49.4 Å². The molecule has 1 heterocycles. The molecule has 1 aliphatic heterocycles. The van der Waals surface area contributed by atoms with E-state index in [4.69, 9.17) is 14.2 Å².